The quantitative estimate of drug-likeness (QED) is 0.207. The Morgan fingerprint density at radius 1 is 0.731 bits per heavy atom. The summed E-state index contributed by atoms with van der Waals surface area (Å²) in [6.45, 7) is 7.99. The number of anilines is 1. The number of carbonyl (C=O) groups excluding carboxylic acids is 3. The maximum absolute atomic E-state index is 12.6. The normalized spacial score (nSPS) is 24.2. The van der Waals surface area contributed by atoms with Gasteiger partial charge in [-0.3, -0.25) is 19.7 Å². The van der Waals surface area contributed by atoms with Crippen molar-refractivity contribution < 1.29 is 23.2 Å². The average Bonchev–Trinajstić information content (AvgIpc) is 3.82. The maximum atomic E-state index is 12.6. The number of hydrogen-bond acceptors (Lipinski definition) is 12. The van der Waals surface area contributed by atoms with Crippen LogP contribution in [0.25, 0.3) is 0 Å². The molecule has 3 amide bonds. The molecule has 52 heavy (non-hydrogen) atoms. The van der Waals surface area contributed by atoms with E-state index < -0.39 is 0 Å². The molecule has 10 rings (SSSR count). The monoisotopic (exact) mass is 740 g/mol. The highest BCUT2D eigenvalue weighted by Crippen LogP contribution is 2.31. The number of fused-ring (bicyclic) bond motifs is 6. The minimum absolute atomic E-state index is 0.0156. The number of amides is 3. The van der Waals surface area contributed by atoms with E-state index in [2.05, 4.69) is 35.7 Å². The highest BCUT2D eigenvalue weighted by atomic mass is 32.2. The SMILES string of the molecule is CC(=O)Nc1cnc(Sc2ccc(C(=O)N[C@H]3CN4CCC3CC4)cc2)o1.N#Cc1cnc(Sc2ccc(C(=O)N[C@H]3CN4CCC3CC4)cc2)o1. The third kappa shape index (κ3) is 9.05. The zero-order valence-electron chi connectivity index (χ0n) is 28.7. The van der Waals surface area contributed by atoms with Crippen molar-refractivity contribution in [1.82, 2.24) is 30.4 Å². The summed E-state index contributed by atoms with van der Waals surface area (Å²) in [4.78, 5) is 50.9. The van der Waals surface area contributed by atoms with Crippen molar-refractivity contribution in [3.05, 3.63) is 77.8 Å². The second-order valence-corrected chi connectivity index (χ2v) is 15.5. The van der Waals surface area contributed by atoms with Gasteiger partial charge in [-0.25, -0.2) is 9.97 Å². The number of benzene rings is 2. The molecule has 0 aliphatic carbocycles. The van der Waals surface area contributed by atoms with E-state index in [1.807, 2.05) is 54.6 Å². The molecule has 4 aromatic rings. The van der Waals surface area contributed by atoms with Crippen LogP contribution >= 0.6 is 23.5 Å². The number of carbonyl (C=O) groups is 3. The van der Waals surface area contributed by atoms with Crippen LogP contribution in [0, 0.1) is 23.2 Å². The number of oxazole rings is 2. The Morgan fingerprint density at radius 3 is 1.60 bits per heavy atom. The number of nitriles is 1. The molecule has 15 heteroatoms. The Balaban J connectivity index is 0.000000162. The fourth-order valence-electron chi connectivity index (χ4n) is 7.20. The van der Waals surface area contributed by atoms with E-state index in [1.54, 1.807) is 0 Å². The van der Waals surface area contributed by atoms with Crippen LogP contribution in [0.3, 0.4) is 0 Å². The smallest absolute Gasteiger partial charge is 0.262 e. The molecule has 3 N–H and O–H groups in total. The number of nitrogens with one attached hydrogen (secondary N) is 3. The summed E-state index contributed by atoms with van der Waals surface area (Å²) in [6, 6.07) is 17.2. The second kappa shape index (κ2) is 16.4. The minimum Gasteiger partial charge on any atom is -0.420 e. The van der Waals surface area contributed by atoms with E-state index in [9.17, 15) is 14.4 Å². The van der Waals surface area contributed by atoms with Gasteiger partial charge in [-0.1, -0.05) is 0 Å². The van der Waals surface area contributed by atoms with E-state index in [-0.39, 0.29) is 35.6 Å². The zero-order valence-corrected chi connectivity index (χ0v) is 30.4. The van der Waals surface area contributed by atoms with E-state index >= 15 is 0 Å². The van der Waals surface area contributed by atoms with Crippen LogP contribution in [0.5, 0.6) is 0 Å². The Kier molecular flexibility index (Phi) is 11.3. The summed E-state index contributed by atoms with van der Waals surface area (Å²) in [5.41, 5.74) is 1.31. The van der Waals surface area contributed by atoms with Gasteiger partial charge in [-0.15, -0.1) is 0 Å². The first-order valence-electron chi connectivity index (χ1n) is 17.5. The lowest BCUT2D eigenvalue weighted by Gasteiger charge is -2.44. The standard InChI is InChI=1S/C19H22N4O3S.C18H18N4O2S/c1-12(24)21-17-10-20-19(26-17)27-15-4-2-14(3-5-15)18(25)22-16-11-23-8-6-13(16)7-9-23;19-9-14-10-20-18(24-14)25-15-3-1-13(2-4-15)17(23)21-16-11-22-7-5-12(16)6-8-22/h2-5,10,13,16H,6-9,11H2,1H3,(H,21,24)(H,22,25);1-4,10,12,16H,5-8,11H2,(H,21,23)/t2*16-/m00/s1. The lowest BCUT2D eigenvalue weighted by molar-refractivity contribution is -0.114. The number of hydrogen-bond donors (Lipinski definition) is 3. The Hall–Kier alpha value is -4.62. The van der Waals surface area contributed by atoms with Crippen LogP contribution in [0.2, 0.25) is 0 Å². The van der Waals surface area contributed by atoms with Crippen molar-refractivity contribution in [2.75, 3.05) is 44.6 Å². The van der Waals surface area contributed by atoms with E-state index in [4.69, 9.17) is 14.1 Å². The lowest BCUT2D eigenvalue weighted by atomic mass is 9.84. The van der Waals surface area contributed by atoms with Gasteiger partial charge < -0.3 is 29.3 Å². The highest BCUT2D eigenvalue weighted by molar-refractivity contribution is 7.99. The van der Waals surface area contributed by atoms with Crippen molar-refractivity contribution in [1.29, 1.82) is 5.26 Å². The molecule has 2 aromatic heterocycles. The minimum atomic E-state index is -0.207. The van der Waals surface area contributed by atoms with Crippen LogP contribution in [0.15, 0.2) is 90.0 Å². The fraction of sp³-hybridized carbons (Fsp3) is 0.405. The molecule has 270 valence electrons. The summed E-state index contributed by atoms with van der Waals surface area (Å²) in [5.74, 6) is 1.49. The molecule has 6 fully saturated rings. The first-order chi connectivity index (χ1) is 25.3. The van der Waals surface area contributed by atoms with Gasteiger partial charge in [-0.2, -0.15) is 5.26 Å². The van der Waals surface area contributed by atoms with Crippen molar-refractivity contribution in [3.8, 4) is 6.07 Å². The molecule has 2 aromatic carbocycles. The second-order valence-electron chi connectivity index (χ2n) is 13.5. The van der Waals surface area contributed by atoms with Crippen LogP contribution in [0.1, 0.15) is 59.1 Å². The van der Waals surface area contributed by atoms with E-state index in [1.165, 1.54) is 68.5 Å². The van der Waals surface area contributed by atoms with Crippen LogP contribution in [-0.2, 0) is 4.79 Å². The molecular formula is C37H40N8O5S2. The molecule has 0 unspecified atom stereocenters. The van der Waals surface area contributed by atoms with Gasteiger partial charge in [0.1, 0.15) is 6.07 Å². The molecule has 6 aliphatic heterocycles. The fourth-order valence-corrected chi connectivity index (χ4v) is 8.63. The maximum Gasteiger partial charge on any atom is 0.262 e. The van der Waals surface area contributed by atoms with Gasteiger partial charge in [0.2, 0.25) is 17.6 Å². The molecular weight excluding hydrogens is 701 g/mol. The van der Waals surface area contributed by atoms with Gasteiger partial charge in [0.25, 0.3) is 22.3 Å². The Morgan fingerprint density at radius 2 is 1.19 bits per heavy atom. The number of piperidine rings is 6. The number of rotatable bonds is 9. The van der Waals surface area contributed by atoms with E-state index in [0.29, 0.717) is 39.3 Å². The van der Waals surface area contributed by atoms with Crippen LogP contribution in [-0.4, -0.2) is 88.8 Å². The number of nitrogens with zero attached hydrogens (tertiary/aromatic N) is 5. The van der Waals surface area contributed by atoms with Crippen molar-refractivity contribution in [2.45, 2.75) is 64.9 Å². The van der Waals surface area contributed by atoms with Gasteiger partial charge in [0.05, 0.1) is 12.4 Å². The summed E-state index contributed by atoms with van der Waals surface area (Å²) in [7, 11) is 0. The first kappa shape index (κ1) is 35.8. The predicted octanol–water partition coefficient (Wildman–Crippen LogP) is 5.13. The van der Waals surface area contributed by atoms with Crippen LogP contribution in [0.4, 0.5) is 5.88 Å². The molecule has 0 spiro atoms. The largest absolute Gasteiger partial charge is 0.420 e. The van der Waals surface area contributed by atoms with Gasteiger partial charge in [0, 0.05) is 53.0 Å². The summed E-state index contributed by atoms with van der Waals surface area (Å²) < 4.78 is 10.7. The van der Waals surface area contributed by atoms with Crippen molar-refractivity contribution >= 4 is 47.1 Å². The summed E-state index contributed by atoms with van der Waals surface area (Å²) in [6.07, 6.45) is 7.59. The lowest BCUT2D eigenvalue weighted by Crippen LogP contribution is -2.57. The van der Waals surface area contributed by atoms with Gasteiger partial charge in [-0.05, 0) is 136 Å². The van der Waals surface area contributed by atoms with Crippen molar-refractivity contribution in [3.63, 3.8) is 0 Å². The average molecular weight is 741 g/mol. The summed E-state index contributed by atoms with van der Waals surface area (Å²) >= 11 is 2.66. The van der Waals surface area contributed by atoms with Gasteiger partial charge in [0.15, 0.2) is 0 Å². The van der Waals surface area contributed by atoms with Gasteiger partial charge >= 0.3 is 0 Å². The molecule has 6 aliphatic rings. The third-order valence-corrected chi connectivity index (χ3v) is 11.7. The molecule has 8 heterocycles. The third-order valence-electron chi connectivity index (χ3n) is 9.97. The molecule has 4 bridgehead atoms. The van der Waals surface area contributed by atoms with E-state index in [0.717, 1.165) is 49.1 Å². The molecule has 2 atom stereocenters. The Labute approximate surface area is 310 Å². The number of aromatic nitrogens is 2. The Bertz CT molecular complexity index is 1910. The zero-order chi connectivity index (χ0) is 36.0. The highest BCUT2D eigenvalue weighted by Gasteiger charge is 2.36. The molecule has 6 saturated heterocycles. The molecule has 13 nitrogen and oxygen atoms in total. The molecule has 0 radical (unpaired) electrons. The predicted molar refractivity (Wildman–Crippen MR) is 194 cm³/mol. The summed E-state index contributed by atoms with van der Waals surface area (Å²) in [5, 5.41) is 18.5. The molecule has 0 saturated carbocycles. The topological polar surface area (TPSA) is 170 Å². The van der Waals surface area contributed by atoms with Crippen LogP contribution < -0.4 is 16.0 Å². The van der Waals surface area contributed by atoms with Crippen molar-refractivity contribution in [2.24, 2.45) is 11.8 Å². The first-order valence-corrected chi connectivity index (χ1v) is 19.1.